The van der Waals surface area contributed by atoms with Crippen LogP contribution in [0.15, 0.2) is 18.2 Å². The number of hydrogen-bond donors (Lipinski definition) is 2. The van der Waals surface area contributed by atoms with E-state index >= 15 is 0 Å². The van der Waals surface area contributed by atoms with Gasteiger partial charge >= 0.3 is 0 Å². The van der Waals surface area contributed by atoms with E-state index in [0.717, 1.165) is 6.42 Å². The maximum atomic E-state index is 13.8. The number of hydrogen-bond acceptors (Lipinski definition) is 3. The van der Waals surface area contributed by atoms with E-state index < -0.39 is 11.7 Å². The van der Waals surface area contributed by atoms with Gasteiger partial charge in [0.25, 0.3) is 5.91 Å². The summed E-state index contributed by atoms with van der Waals surface area (Å²) >= 11 is 0. The Balaban J connectivity index is 2.15. The minimum absolute atomic E-state index is 0.0122. The monoisotopic (exact) mass is 294 g/mol. The predicted molar refractivity (Wildman–Crippen MR) is 76.6 cm³/mol. The van der Waals surface area contributed by atoms with Crippen LogP contribution in [0, 0.1) is 11.7 Å². The second-order valence-corrected chi connectivity index (χ2v) is 5.31. The average molecular weight is 294 g/mol. The van der Waals surface area contributed by atoms with Crippen LogP contribution in [0.5, 0.6) is 0 Å². The van der Waals surface area contributed by atoms with Gasteiger partial charge in [-0.05, 0) is 30.5 Å². The van der Waals surface area contributed by atoms with Crippen LogP contribution < -0.4 is 10.2 Å². The van der Waals surface area contributed by atoms with Gasteiger partial charge in [0.15, 0.2) is 0 Å². The molecule has 0 aromatic heterocycles. The first-order chi connectivity index (χ1) is 10.0. The van der Waals surface area contributed by atoms with Crippen molar-refractivity contribution in [1.29, 1.82) is 0 Å². The highest BCUT2D eigenvalue weighted by molar-refractivity contribution is 5.99. The minimum atomic E-state index is -0.625. The van der Waals surface area contributed by atoms with Crippen LogP contribution in [0.25, 0.3) is 0 Å². The molecular weight excluding hydrogens is 275 g/mol. The number of nitrogens with one attached hydrogen (secondary N) is 1. The van der Waals surface area contributed by atoms with E-state index in [-0.39, 0.29) is 30.5 Å². The SMILES string of the molecule is CC(CO)CNC(=O)c1cc(N2CCCC2=O)ccc1F. The van der Waals surface area contributed by atoms with Gasteiger partial charge in [0.2, 0.25) is 5.91 Å². The van der Waals surface area contributed by atoms with Crippen LogP contribution in [-0.4, -0.2) is 36.6 Å². The number of amides is 2. The first-order valence-electron chi connectivity index (χ1n) is 7.02. The van der Waals surface area contributed by atoms with Crippen LogP contribution in [-0.2, 0) is 4.79 Å². The minimum Gasteiger partial charge on any atom is -0.396 e. The van der Waals surface area contributed by atoms with Gasteiger partial charge in [0, 0.05) is 31.8 Å². The molecule has 0 aliphatic carbocycles. The van der Waals surface area contributed by atoms with E-state index in [4.69, 9.17) is 5.11 Å². The summed E-state index contributed by atoms with van der Waals surface area (Å²) in [5.41, 5.74) is 0.455. The van der Waals surface area contributed by atoms with Crippen molar-refractivity contribution in [3.8, 4) is 0 Å². The maximum Gasteiger partial charge on any atom is 0.254 e. The van der Waals surface area contributed by atoms with E-state index in [9.17, 15) is 14.0 Å². The lowest BCUT2D eigenvalue weighted by molar-refractivity contribution is -0.117. The lowest BCUT2D eigenvalue weighted by atomic mass is 10.1. The van der Waals surface area contributed by atoms with Crippen molar-refractivity contribution in [2.45, 2.75) is 19.8 Å². The summed E-state index contributed by atoms with van der Waals surface area (Å²) in [5, 5.41) is 11.5. The summed E-state index contributed by atoms with van der Waals surface area (Å²) in [6.45, 7) is 2.58. The number of benzene rings is 1. The Hall–Kier alpha value is -1.95. The number of nitrogens with zero attached hydrogens (tertiary/aromatic N) is 1. The van der Waals surface area contributed by atoms with Gasteiger partial charge in [-0.25, -0.2) is 4.39 Å². The fourth-order valence-electron chi connectivity index (χ4n) is 2.20. The van der Waals surface area contributed by atoms with Crippen molar-refractivity contribution in [3.63, 3.8) is 0 Å². The van der Waals surface area contributed by atoms with E-state index in [0.29, 0.717) is 18.7 Å². The standard InChI is InChI=1S/C15H19FN2O3/c1-10(9-19)8-17-15(21)12-7-11(4-5-13(12)16)18-6-2-3-14(18)20/h4-5,7,10,19H,2-3,6,8-9H2,1H3,(H,17,21). The molecule has 2 N–H and O–H groups in total. The van der Waals surface area contributed by atoms with E-state index in [1.54, 1.807) is 11.8 Å². The van der Waals surface area contributed by atoms with Gasteiger partial charge in [-0.2, -0.15) is 0 Å². The maximum absolute atomic E-state index is 13.8. The molecule has 21 heavy (non-hydrogen) atoms. The summed E-state index contributed by atoms with van der Waals surface area (Å²) in [7, 11) is 0. The number of anilines is 1. The van der Waals surface area contributed by atoms with Crippen molar-refractivity contribution in [3.05, 3.63) is 29.6 Å². The van der Waals surface area contributed by atoms with Crippen molar-refractivity contribution in [2.75, 3.05) is 24.6 Å². The number of halogens is 1. The highest BCUT2D eigenvalue weighted by Crippen LogP contribution is 2.23. The molecular formula is C15H19FN2O3. The molecule has 2 amide bonds. The Labute approximate surface area is 122 Å². The first kappa shape index (κ1) is 15.4. The fourth-order valence-corrected chi connectivity index (χ4v) is 2.20. The summed E-state index contributed by atoms with van der Waals surface area (Å²) in [6.07, 6.45) is 1.25. The summed E-state index contributed by atoms with van der Waals surface area (Å²) < 4.78 is 13.8. The Morgan fingerprint density at radius 2 is 2.29 bits per heavy atom. The van der Waals surface area contributed by atoms with Crippen molar-refractivity contribution in [2.24, 2.45) is 5.92 Å². The summed E-state index contributed by atoms with van der Waals surface area (Å²) in [5.74, 6) is -1.27. The third-order valence-corrected chi connectivity index (χ3v) is 3.50. The molecule has 5 nitrogen and oxygen atoms in total. The fraction of sp³-hybridized carbons (Fsp3) is 0.467. The predicted octanol–water partition coefficient (Wildman–Crippen LogP) is 1.31. The lowest BCUT2D eigenvalue weighted by Crippen LogP contribution is -2.30. The third kappa shape index (κ3) is 3.58. The van der Waals surface area contributed by atoms with Crippen molar-refractivity contribution >= 4 is 17.5 Å². The molecule has 1 saturated heterocycles. The summed E-state index contributed by atoms with van der Waals surface area (Å²) in [4.78, 5) is 25.3. The Kier molecular flexibility index (Phi) is 4.90. The molecule has 1 fully saturated rings. The zero-order valence-electron chi connectivity index (χ0n) is 11.9. The molecule has 1 aliphatic rings. The number of aliphatic hydroxyl groups is 1. The lowest BCUT2D eigenvalue weighted by Gasteiger charge is -2.17. The van der Waals surface area contributed by atoms with Gasteiger partial charge in [0.1, 0.15) is 5.82 Å². The third-order valence-electron chi connectivity index (χ3n) is 3.50. The molecule has 1 aliphatic heterocycles. The molecule has 6 heteroatoms. The van der Waals surface area contributed by atoms with Crippen molar-refractivity contribution in [1.82, 2.24) is 5.32 Å². The first-order valence-corrected chi connectivity index (χ1v) is 7.02. The zero-order valence-corrected chi connectivity index (χ0v) is 11.9. The van der Waals surface area contributed by atoms with Crippen LogP contribution >= 0.6 is 0 Å². The second-order valence-electron chi connectivity index (χ2n) is 5.31. The van der Waals surface area contributed by atoms with Gasteiger partial charge in [-0.3, -0.25) is 9.59 Å². The Morgan fingerprint density at radius 3 is 2.90 bits per heavy atom. The quantitative estimate of drug-likeness (QED) is 0.860. The van der Waals surface area contributed by atoms with Gasteiger partial charge < -0.3 is 15.3 Å². The smallest absolute Gasteiger partial charge is 0.254 e. The molecule has 114 valence electrons. The molecule has 1 unspecified atom stereocenters. The Morgan fingerprint density at radius 1 is 1.52 bits per heavy atom. The van der Waals surface area contributed by atoms with Crippen LogP contribution in [0.4, 0.5) is 10.1 Å². The molecule has 0 saturated carbocycles. The molecule has 1 atom stereocenters. The number of carbonyl (C=O) groups is 2. The van der Waals surface area contributed by atoms with Gasteiger partial charge in [-0.1, -0.05) is 6.92 Å². The molecule has 2 rings (SSSR count). The second kappa shape index (κ2) is 6.67. The molecule has 1 aromatic carbocycles. The van der Waals surface area contributed by atoms with E-state index in [1.807, 2.05) is 0 Å². The number of aliphatic hydroxyl groups excluding tert-OH is 1. The van der Waals surface area contributed by atoms with E-state index in [2.05, 4.69) is 5.32 Å². The van der Waals surface area contributed by atoms with Crippen molar-refractivity contribution < 1.29 is 19.1 Å². The number of carbonyl (C=O) groups excluding carboxylic acids is 2. The topological polar surface area (TPSA) is 69.6 Å². The molecule has 0 spiro atoms. The number of rotatable bonds is 5. The van der Waals surface area contributed by atoms with Gasteiger partial charge in [-0.15, -0.1) is 0 Å². The van der Waals surface area contributed by atoms with Crippen LogP contribution in [0.3, 0.4) is 0 Å². The van der Waals surface area contributed by atoms with Crippen LogP contribution in [0.2, 0.25) is 0 Å². The average Bonchev–Trinajstić information content (AvgIpc) is 2.91. The van der Waals surface area contributed by atoms with Gasteiger partial charge in [0.05, 0.1) is 5.56 Å². The largest absolute Gasteiger partial charge is 0.396 e. The molecule has 0 radical (unpaired) electrons. The molecule has 1 aromatic rings. The molecule has 0 bridgehead atoms. The summed E-state index contributed by atoms with van der Waals surface area (Å²) in [6, 6.07) is 4.11. The van der Waals surface area contributed by atoms with Crippen LogP contribution in [0.1, 0.15) is 30.1 Å². The van der Waals surface area contributed by atoms with E-state index in [1.165, 1.54) is 18.2 Å². The highest BCUT2D eigenvalue weighted by Gasteiger charge is 2.23. The highest BCUT2D eigenvalue weighted by atomic mass is 19.1. The normalized spacial score (nSPS) is 16.1. The molecule has 1 heterocycles. The zero-order chi connectivity index (χ0) is 15.4. The Bertz CT molecular complexity index is 548.